The molecule has 2 aromatic carbocycles. The SMILES string of the molecule is CC(=O)Cn1c(C(=O)NCc2ccon2)nc(NC(=O)c2cc(F)cc(C(F)(F)F)c2)c1[C@@H](C)c1cc(F)ccc1Cl. The summed E-state index contributed by atoms with van der Waals surface area (Å²) in [6.07, 6.45) is -3.66. The lowest BCUT2D eigenvalue weighted by Gasteiger charge is -2.19. The molecular formula is C27H21ClF5N5O4. The number of benzene rings is 2. The van der Waals surface area contributed by atoms with Crippen molar-refractivity contribution < 1.29 is 40.9 Å². The Bertz CT molecular complexity index is 1650. The highest BCUT2D eigenvalue weighted by molar-refractivity contribution is 6.31. The fourth-order valence-corrected chi connectivity index (χ4v) is 4.47. The van der Waals surface area contributed by atoms with Crippen molar-refractivity contribution in [2.45, 2.75) is 39.0 Å². The van der Waals surface area contributed by atoms with Crippen LogP contribution in [-0.2, 0) is 24.1 Å². The molecule has 2 N–H and O–H groups in total. The predicted octanol–water partition coefficient (Wildman–Crippen LogP) is 5.74. The molecule has 2 aromatic heterocycles. The van der Waals surface area contributed by atoms with E-state index >= 15 is 0 Å². The maximum atomic E-state index is 14.2. The van der Waals surface area contributed by atoms with E-state index in [1.54, 1.807) is 0 Å². The molecule has 0 fully saturated rings. The first kappa shape index (κ1) is 30.4. The van der Waals surface area contributed by atoms with Crippen LogP contribution in [0.5, 0.6) is 0 Å². The number of aromatic nitrogens is 3. The largest absolute Gasteiger partial charge is 0.416 e. The lowest BCUT2D eigenvalue weighted by molar-refractivity contribution is -0.137. The first-order valence-corrected chi connectivity index (χ1v) is 12.5. The number of halogens is 6. The van der Waals surface area contributed by atoms with E-state index in [1.807, 2.05) is 0 Å². The summed E-state index contributed by atoms with van der Waals surface area (Å²) in [7, 11) is 0. The van der Waals surface area contributed by atoms with Gasteiger partial charge in [-0.05, 0) is 48.9 Å². The van der Waals surface area contributed by atoms with E-state index in [4.69, 9.17) is 16.1 Å². The van der Waals surface area contributed by atoms with Crippen molar-refractivity contribution in [1.29, 1.82) is 0 Å². The number of hydrogen-bond acceptors (Lipinski definition) is 6. The lowest BCUT2D eigenvalue weighted by atomic mass is 9.96. The quantitative estimate of drug-likeness (QED) is 0.234. The van der Waals surface area contributed by atoms with Crippen LogP contribution in [0.3, 0.4) is 0 Å². The van der Waals surface area contributed by atoms with Gasteiger partial charge in [0, 0.05) is 22.6 Å². The molecule has 0 aliphatic carbocycles. The van der Waals surface area contributed by atoms with Gasteiger partial charge in [-0.1, -0.05) is 23.7 Å². The molecule has 0 bridgehead atoms. The molecule has 0 saturated carbocycles. The number of Topliss-reactive ketones (excluding diaryl/α,β-unsaturated/α-hetero) is 1. The Morgan fingerprint density at radius 1 is 1.05 bits per heavy atom. The number of carbonyl (C=O) groups is 3. The zero-order valence-electron chi connectivity index (χ0n) is 21.9. The van der Waals surface area contributed by atoms with Gasteiger partial charge in [0.2, 0.25) is 5.82 Å². The van der Waals surface area contributed by atoms with Crippen LogP contribution in [0, 0.1) is 11.6 Å². The molecule has 15 heteroatoms. The van der Waals surface area contributed by atoms with E-state index in [2.05, 4.69) is 20.8 Å². The number of amides is 2. The van der Waals surface area contributed by atoms with E-state index in [1.165, 1.54) is 36.8 Å². The second-order valence-corrected chi connectivity index (χ2v) is 9.61. The lowest BCUT2D eigenvalue weighted by Crippen LogP contribution is -2.28. The van der Waals surface area contributed by atoms with Gasteiger partial charge >= 0.3 is 6.18 Å². The number of alkyl halides is 3. The van der Waals surface area contributed by atoms with Gasteiger partial charge < -0.3 is 19.7 Å². The van der Waals surface area contributed by atoms with Crippen LogP contribution in [0.2, 0.25) is 5.02 Å². The highest BCUT2D eigenvalue weighted by Crippen LogP contribution is 2.36. The van der Waals surface area contributed by atoms with Gasteiger partial charge in [-0.15, -0.1) is 0 Å². The molecule has 0 aliphatic heterocycles. The molecule has 2 heterocycles. The van der Waals surface area contributed by atoms with Crippen molar-refractivity contribution in [3.8, 4) is 0 Å². The molecule has 0 unspecified atom stereocenters. The van der Waals surface area contributed by atoms with Gasteiger partial charge in [0.25, 0.3) is 11.8 Å². The number of ketones is 1. The average Bonchev–Trinajstić information content (AvgIpc) is 3.55. The molecule has 0 aliphatic rings. The minimum Gasteiger partial charge on any atom is -0.364 e. The van der Waals surface area contributed by atoms with E-state index in [0.717, 1.165) is 12.1 Å². The van der Waals surface area contributed by atoms with Crippen molar-refractivity contribution in [3.63, 3.8) is 0 Å². The molecule has 0 radical (unpaired) electrons. The minimum atomic E-state index is -4.94. The number of carbonyl (C=O) groups excluding carboxylic acids is 3. The van der Waals surface area contributed by atoms with Crippen molar-refractivity contribution in [2.24, 2.45) is 0 Å². The van der Waals surface area contributed by atoms with Crippen LogP contribution in [0.4, 0.5) is 27.8 Å². The van der Waals surface area contributed by atoms with Crippen molar-refractivity contribution >= 4 is 35.0 Å². The number of nitrogens with zero attached hydrogens (tertiary/aromatic N) is 3. The van der Waals surface area contributed by atoms with Crippen LogP contribution < -0.4 is 10.6 Å². The number of nitrogens with one attached hydrogen (secondary N) is 2. The molecule has 1 atom stereocenters. The Labute approximate surface area is 239 Å². The Kier molecular flexibility index (Phi) is 8.75. The molecule has 9 nitrogen and oxygen atoms in total. The molecule has 42 heavy (non-hydrogen) atoms. The number of anilines is 1. The summed E-state index contributed by atoms with van der Waals surface area (Å²) in [5.74, 6) is -6.06. The van der Waals surface area contributed by atoms with Gasteiger partial charge in [-0.3, -0.25) is 14.4 Å². The fraction of sp³-hybridized carbons (Fsp3) is 0.222. The van der Waals surface area contributed by atoms with Gasteiger partial charge in [0.1, 0.15) is 29.4 Å². The maximum absolute atomic E-state index is 14.2. The Morgan fingerprint density at radius 2 is 1.79 bits per heavy atom. The van der Waals surface area contributed by atoms with Crippen LogP contribution in [-0.4, -0.2) is 32.3 Å². The summed E-state index contributed by atoms with van der Waals surface area (Å²) in [4.78, 5) is 42.8. The summed E-state index contributed by atoms with van der Waals surface area (Å²) in [6.45, 7) is 2.23. The molecule has 4 rings (SSSR count). The third-order valence-corrected chi connectivity index (χ3v) is 6.41. The van der Waals surface area contributed by atoms with Gasteiger partial charge in [0.05, 0.1) is 24.3 Å². The number of hydrogen-bond donors (Lipinski definition) is 2. The minimum absolute atomic E-state index is 0.00471. The zero-order chi connectivity index (χ0) is 30.8. The second-order valence-electron chi connectivity index (χ2n) is 9.20. The summed E-state index contributed by atoms with van der Waals surface area (Å²) in [5, 5.41) is 8.64. The van der Waals surface area contributed by atoms with Crippen molar-refractivity contribution in [3.05, 3.63) is 99.3 Å². The summed E-state index contributed by atoms with van der Waals surface area (Å²) in [6, 6.07) is 6.26. The van der Waals surface area contributed by atoms with Gasteiger partial charge in [0.15, 0.2) is 5.82 Å². The van der Waals surface area contributed by atoms with Crippen LogP contribution in [0.25, 0.3) is 0 Å². The van der Waals surface area contributed by atoms with Crippen molar-refractivity contribution in [2.75, 3.05) is 5.32 Å². The topological polar surface area (TPSA) is 119 Å². The fourth-order valence-electron chi connectivity index (χ4n) is 4.19. The highest BCUT2D eigenvalue weighted by atomic mass is 35.5. The summed E-state index contributed by atoms with van der Waals surface area (Å²) >= 11 is 6.31. The van der Waals surface area contributed by atoms with Gasteiger partial charge in [-0.2, -0.15) is 13.2 Å². The third kappa shape index (κ3) is 6.82. The maximum Gasteiger partial charge on any atom is 0.416 e. The van der Waals surface area contributed by atoms with Crippen LogP contribution in [0.1, 0.15) is 63.3 Å². The van der Waals surface area contributed by atoms with E-state index < -0.39 is 59.0 Å². The molecule has 0 spiro atoms. The summed E-state index contributed by atoms with van der Waals surface area (Å²) in [5.41, 5.74) is -1.54. The van der Waals surface area contributed by atoms with E-state index in [9.17, 15) is 36.3 Å². The molecule has 2 amide bonds. The normalized spacial score (nSPS) is 12.2. The molecule has 4 aromatic rings. The third-order valence-electron chi connectivity index (χ3n) is 6.07. The molecule has 220 valence electrons. The zero-order valence-corrected chi connectivity index (χ0v) is 22.6. The second kappa shape index (κ2) is 12.1. The molecular weight excluding hydrogens is 589 g/mol. The van der Waals surface area contributed by atoms with E-state index in [-0.39, 0.29) is 40.5 Å². The van der Waals surface area contributed by atoms with Crippen LogP contribution in [0.15, 0.2) is 53.3 Å². The average molecular weight is 610 g/mol. The van der Waals surface area contributed by atoms with Gasteiger partial charge in [-0.25, -0.2) is 13.8 Å². The van der Waals surface area contributed by atoms with Crippen LogP contribution >= 0.6 is 11.6 Å². The standard InChI is InChI=1S/C27H21ClF5N5O4/c1-13(39)12-38-22(14(2)20-10-17(29)3-4-21(20)28)23(35-24(38)26(41)34-11-19-5-6-42-37-19)36-25(40)15-7-16(27(31,32)33)9-18(30)8-15/h3-10,14H,11-12H2,1-2H3,(H,34,41)(H,36,40)/t14-/m0/s1. The number of rotatable bonds is 9. The Hall–Kier alpha value is -4.59. The first-order chi connectivity index (χ1) is 19.7. The first-order valence-electron chi connectivity index (χ1n) is 12.2. The number of imidazole rings is 1. The van der Waals surface area contributed by atoms with Crippen molar-refractivity contribution in [1.82, 2.24) is 20.0 Å². The Balaban J connectivity index is 1.83. The smallest absolute Gasteiger partial charge is 0.364 e. The van der Waals surface area contributed by atoms with E-state index in [0.29, 0.717) is 17.8 Å². The predicted molar refractivity (Wildman–Crippen MR) is 139 cm³/mol. The highest BCUT2D eigenvalue weighted by Gasteiger charge is 2.33. The summed E-state index contributed by atoms with van der Waals surface area (Å²) < 4.78 is 73.9. The molecule has 0 saturated heterocycles. The monoisotopic (exact) mass is 609 g/mol. The Morgan fingerprint density at radius 3 is 2.43 bits per heavy atom.